The number of rotatable bonds is 4. The van der Waals surface area contributed by atoms with Crippen LogP contribution in [0.15, 0.2) is 23.0 Å². The zero-order valence-corrected chi connectivity index (χ0v) is 17.7. The molecule has 0 radical (unpaired) electrons. The largest absolute Gasteiger partial charge is 0.336 e. The minimum Gasteiger partial charge on any atom is -0.336 e. The number of likely N-dealkylation sites (tertiary alicyclic amines) is 1. The van der Waals surface area contributed by atoms with Crippen LogP contribution in [0.5, 0.6) is 0 Å². The first-order chi connectivity index (χ1) is 14.7. The predicted molar refractivity (Wildman–Crippen MR) is 117 cm³/mol. The number of imidazole rings is 1. The molecule has 2 aromatic rings. The summed E-state index contributed by atoms with van der Waals surface area (Å²) in [5.74, 6) is 0.738. The summed E-state index contributed by atoms with van der Waals surface area (Å²) >= 11 is 0. The van der Waals surface area contributed by atoms with Gasteiger partial charge in [0.15, 0.2) is 0 Å². The molecule has 1 N–H and O–H groups in total. The number of nitrogens with one attached hydrogen (secondary N) is 1. The van der Waals surface area contributed by atoms with Gasteiger partial charge in [0.05, 0.1) is 11.0 Å². The van der Waals surface area contributed by atoms with Crippen molar-refractivity contribution in [2.45, 2.75) is 82.5 Å². The fourth-order valence-electron chi connectivity index (χ4n) is 5.99. The van der Waals surface area contributed by atoms with Crippen LogP contribution in [0.3, 0.4) is 0 Å². The summed E-state index contributed by atoms with van der Waals surface area (Å²) in [6.07, 6.45) is 10.6. The maximum Gasteiger partial charge on any atom is 0.329 e. The van der Waals surface area contributed by atoms with Gasteiger partial charge in [-0.2, -0.15) is 0 Å². The number of carbonyl (C=O) groups is 1. The van der Waals surface area contributed by atoms with Crippen LogP contribution in [0.1, 0.15) is 74.2 Å². The topological polar surface area (TPSA) is 59.3 Å². The summed E-state index contributed by atoms with van der Waals surface area (Å²) in [4.78, 5) is 28.8. The number of nitrogens with zero attached hydrogens (tertiary/aromatic N) is 3. The molecule has 3 heterocycles. The molecular weight excluding hydrogens is 376 g/mol. The summed E-state index contributed by atoms with van der Waals surface area (Å²) in [6, 6.07) is 7.19. The summed E-state index contributed by atoms with van der Waals surface area (Å²) in [7, 11) is 0. The number of hydrogen-bond acceptors (Lipinski definition) is 3. The highest BCUT2D eigenvalue weighted by Gasteiger charge is 2.35. The van der Waals surface area contributed by atoms with E-state index >= 15 is 0 Å². The van der Waals surface area contributed by atoms with Crippen LogP contribution >= 0.6 is 0 Å². The van der Waals surface area contributed by atoms with E-state index in [9.17, 15) is 9.59 Å². The van der Waals surface area contributed by atoms with E-state index in [1.807, 2.05) is 27.7 Å². The van der Waals surface area contributed by atoms with E-state index in [1.54, 1.807) is 0 Å². The second-order valence-electron chi connectivity index (χ2n) is 10.0. The Morgan fingerprint density at radius 1 is 0.933 bits per heavy atom. The van der Waals surface area contributed by atoms with Crippen LogP contribution in [-0.4, -0.2) is 45.1 Å². The minimum atomic E-state index is 0.117. The molecule has 0 spiro atoms. The Balaban J connectivity index is 1.39. The van der Waals surface area contributed by atoms with Gasteiger partial charge in [0.25, 0.3) is 5.91 Å². The van der Waals surface area contributed by atoms with E-state index in [-0.39, 0.29) is 11.6 Å². The summed E-state index contributed by atoms with van der Waals surface area (Å²) in [5.41, 5.74) is 2.84. The molecule has 1 aromatic heterocycles. The molecule has 2 saturated heterocycles. The van der Waals surface area contributed by atoms with Crippen molar-refractivity contribution >= 4 is 16.9 Å². The maximum atomic E-state index is 13.5. The lowest BCUT2D eigenvalue weighted by molar-refractivity contribution is 0.0697. The van der Waals surface area contributed by atoms with Gasteiger partial charge < -0.3 is 10.2 Å². The molecule has 2 aliphatic carbocycles. The number of fused-ring (bicyclic) bond motifs is 3. The van der Waals surface area contributed by atoms with E-state index in [0.29, 0.717) is 24.0 Å². The smallest absolute Gasteiger partial charge is 0.329 e. The van der Waals surface area contributed by atoms with Crippen molar-refractivity contribution in [1.82, 2.24) is 19.4 Å². The zero-order valence-electron chi connectivity index (χ0n) is 17.7. The van der Waals surface area contributed by atoms with Crippen LogP contribution in [0.25, 0.3) is 11.0 Å². The second kappa shape index (κ2) is 7.26. The van der Waals surface area contributed by atoms with E-state index < -0.39 is 0 Å². The Morgan fingerprint density at radius 3 is 2.37 bits per heavy atom. The van der Waals surface area contributed by atoms with Crippen molar-refractivity contribution in [2.24, 2.45) is 5.92 Å². The fourth-order valence-corrected chi connectivity index (χ4v) is 5.99. The molecule has 6 nitrogen and oxygen atoms in total. The highest BCUT2D eigenvalue weighted by atomic mass is 16.2. The first-order valence-electron chi connectivity index (χ1n) is 12.0. The maximum absolute atomic E-state index is 13.5. The molecule has 4 aliphatic rings. The SMILES string of the molecule is O=C(c1ccc2c(c1)n(CC1CC1)c(=O)n2C1CCCCC1)N1C[C@H]2CC[C@@H](C1)N2. The Hall–Kier alpha value is -2.08. The monoisotopic (exact) mass is 408 g/mol. The van der Waals surface area contributed by atoms with Crippen LogP contribution in [0.2, 0.25) is 0 Å². The van der Waals surface area contributed by atoms with Crippen molar-refractivity contribution in [3.8, 4) is 0 Å². The summed E-state index contributed by atoms with van der Waals surface area (Å²) < 4.78 is 4.02. The van der Waals surface area contributed by atoms with E-state index in [1.165, 1.54) is 44.9 Å². The number of amides is 1. The Bertz CT molecular complexity index is 1020. The fraction of sp³-hybridized carbons (Fsp3) is 0.667. The molecule has 2 saturated carbocycles. The summed E-state index contributed by atoms with van der Waals surface area (Å²) in [5, 5.41) is 3.60. The van der Waals surface area contributed by atoms with E-state index in [2.05, 4.69) is 9.88 Å². The lowest BCUT2D eigenvalue weighted by Crippen LogP contribution is -2.53. The molecule has 0 unspecified atom stereocenters. The van der Waals surface area contributed by atoms with Gasteiger partial charge in [-0.15, -0.1) is 0 Å². The molecule has 160 valence electrons. The average Bonchev–Trinajstić information content (AvgIpc) is 3.48. The van der Waals surface area contributed by atoms with Gasteiger partial charge in [0.1, 0.15) is 0 Å². The van der Waals surface area contributed by atoms with Crippen LogP contribution in [-0.2, 0) is 6.54 Å². The van der Waals surface area contributed by atoms with Gasteiger partial charge in [0.2, 0.25) is 0 Å². The molecule has 4 fully saturated rings. The highest BCUT2D eigenvalue weighted by molar-refractivity contribution is 5.97. The van der Waals surface area contributed by atoms with Gasteiger partial charge >= 0.3 is 5.69 Å². The Labute approximate surface area is 177 Å². The van der Waals surface area contributed by atoms with Crippen LogP contribution in [0.4, 0.5) is 0 Å². The van der Waals surface area contributed by atoms with Crippen molar-refractivity contribution in [3.63, 3.8) is 0 Å². The van der Waals surface area contributed by atoms with Gasteiger partial charge in [-0.3, -0.25) is 13.9 Å². The lowest BCUT2D eigenvalue weighted by atomic mass is 9.95. The molecule has 30 heavy (non-hydrogen) atoms. The van der Waals surface area contributed by atoms with Gasteiger partial charge in [-0.05, 0) is 62.6 Å². The van der Waals surface area contributed by atoms with Crippen molar-refractivity contribution in [3.05, 3.63) is 34.2 Å². The number of piperazine rings is 1. The molecular formula is C24H32N4O2. The molecule has 2 atom stereocenters. The molecule has 2 bridgehead atoms. The highest BCUT2D eigenvalue weighted by Crippen LogP contribution is 2.34. The van der Waals surface area contributed by atoms with Crippen molar-refractivity contribution in [1.29, 1.82) is 0 Å². The third-order valence-electron chi connectivity index (χ3n) is 7.79. The van der Waals surface area contributed by atoms with Gasteiger partial charge in [-0.25, -0.2) is 4.79 Å². The molecule has 2 aliphatic heterocycles. The zero-order chi connectivity index (χ0) is 20.2. The standard InChI is InChI=1S/C24H32N4O2/c29-23(26-14-18-9-10-19(15-26)25-18)17-8-11-21-22(12-17)27(13-16-6-7-16)24(30)28(21)20-4-2-1-3-5-20/h8,11-12,16,18-20,25H,1-7,9-10,13-15H2/t18-,19+. The van der Waals surface area contributed by atoms with Crippen molar-refractivity contribution in [2.75, 3.05) is 13.1 Å². The predicted octanol–water partition coefficient (Wildman–Crippen LogP) is 3.29. The van der Waals surface area contributed by atoms with E-state index in [4.69, 9.17) is 0 Å². The molecule has 1 aromatic carbocycles. The number of hydrogen-bond donors (Lipinski definition) is 1. The third kappa shape index (κ3) is 3.20. The van der Waals surface area contributed by atoms with Gasteiger partial charge in [-0.1, -0.05) is 19.3 Å². The van der Waals surface area contributed by atoms with Crippen LogP contribution in [0, 0.1) is 5.92 Å². The summed E-state index contributed by atoms with van der Waals surface area (Å²) in [6.45, 7) is 2.39. The normalized spacial score (nSPS) is 27.1. The first-order valence-corrected chi connectivity index (χ1v) is 12.0. The Kier molecular flexibility index (Phi) is 4.52. The number of benzene rings is 1. The number of aromatic nitrogens is 2. The lowest BCUT2D eigenvalue weighted by Gasteiger charge is -2.33. The molecule has 6 rings (SSSR count). The van der Waals surface area contributed by atoms with Crippen LogP contribution < -0.4 is 11.0 Å². The van der Waals surface area contributed by atoms with E-state index in [0.717, 1.165) is 49.1 Å². The minimum absolute atomic E-state index is 0.117. The molecule has 1 amide bonds. The number of carbonyl (C=O) groups excluding carboxylic acids is 1. The second-order valence-corrected chi connectivity index (χ2v) is 10.0. The quantitative estimate of drug-likeness (QED) is 0.845. The van der Waals surface area contributed by atoms with Crippen molar-refractivity contribution < 1.29 is 4.79 Å². The Morgan fingerprint density at radius 2 is 1.67 bits per heavy atom. The van der Waals surface area contributed by atoms with Gasteiger partial charge in [0, 0.05) is 43.3 Å². The molecule has 6 heteroatoms. The first kappa shape index (κ1) is 18.7. The third-order valence-corrected chi connectivity index (χ3v) is 7.79. The average molecular weight is 409 g/mol.